The predicted octanol–water partition coefficient (Wildman–Crippen LogP) is 3.98. The Morgan fingerprint density at radius 2 is 1.65 bits per heavy atom. The van der Waals surface area contributed by atoms with Crippen molar-refractivity contribution in [2.24, 2.45) is 0 Å². The highest BCUT2D eigenvalue weighted by Crippen LogP contribution is 2.39. The molecule has 2 heterocycles. The van der Waals surface area contributed by atoms with E-state index in [2.05, 4.69) is 16.3 Å². The van der Waals surface area contributed by atoms with Crippen LogP contribution in [0.3, 0.4) is 0 Å². The first-order valence-electron chi connectivity index (χ1n) is 8.07. The van der Waals surface area contributed by atoms with Crippen molar-refractivity contribution in [2.45, 2.75) is 6.92 Å². The highest BCUT2D eigenvalue weighted by atomic mass is 16.5. The molecule has 0 unspecified atom stereocenters. The summed E-state index contributed by atoms with van der Waals surface area (Å²) >= 11 is 0. The fourth-order valence-corrected chi connectivity index (χ4v) is 3.19. The lowest BCUT2D eigenvalue weighted by atomic mass is 9.99. The van der Waals surface area contributed by atoms with Gasteiger partial charge in [-0.25, -0.2) is 4.98 Å². The number of nitrogens with one attached hydrogen (secondary N) is 1. The third kappa shape index (κ3) is 2.33. The van der Waals surface area contributed by atoms with Crippen LogP contribution in [0.15, 0.2) is 36.4 Å². The summed E-state index contributed by atoms with van der Waals surface area (Å²) in [5, 5.41) is 19.2. The lowest BCUT2D eigenvalue weighted by molar-refractivity contribution is 0.356. The van der Waals surface area contributed by atoms with E-state index in [4.69, 9.17) is 19.7 Å². The van der Waals surface area contributed by atoms with Gasteiger partial charge in [0.05, 0.1) is 31.5 Å². The van der Waals surface area contributed by atoms with Gasteiger partial charge < -0.3 is 9.47 Å². The van der Waals surface area contributed by atoms with Gasteiger partial charge in [0.1, 0.15) is 0 Å². The minimum atomic E-state index is 0.606. The van der Waals surface area contributed by atoms with Crippen LogP contribution in [0.2, 0.25) is 0 Å². The number of rotatable bonds is 3. The molecule has 4 rings (SSSR count). The molecule has 0 fully saturated rings. The number of nitrogens with zero attached hydrogens (tertiary/aromatic N) is 3. The fourth-order valence-electron chi connectivity index (χ4n) is 3.19. The topological polar surface area (TPSA) is 83.8 Å². The Kier molecular flexibility index (Phi) is 3.70. The number of fused-ring (bicyclic) bond motifs is 3. The van der Waals surface area contributed by atoms with E-state index in [0.29, 0.717) is 22.7 Å². The summed E-state index contributed by atoms with van der Waals surface area (Å²) in [5.74, 6) is 1.29. The van der Waals surface area contributed by atoms with Crippen LogP contribution in [-0.2, 0) is 0 Å². The zero-order valence-corrected chi connectivity index (χ0v) is 14.6. The van der Waals surface area contributed by atoms with Gasteiger partial charge in [-0.05, 0) is 31.2 Å². The summed E-state index contributed by atoms with van der Waals surface area (Å²) in [6.45, 7) is 1.97. The Hall–Kier alpha value is -3.59. The third-order valence-corrected chi connectivity index (χ3v) is 4.48. The van der Waals surface area contributed by atoms with Crippen LogP contribution in [0.1, 0.15) is 11.3 Å². The first-order valence-corrected chi connectivity index (χ1v) is 8.07. The van der Waals surface area contributed by atoms with Gasteiger partial charge in [0.25, 0.3) is 0 Å². The van der Waals surface area contributed by atoms with Gasteiger partial charge in [-0.3, -0.25) is 5.10 Å². The van der Waals surface area contributed by atoms with E-state index in [1.165, 1.54) is 0 Å². The number of aromatic nitrogens is 3. The van der Waals surface area contributed by atoms with Crippen LogP contribution >= 0.6 is 0 Å². The van der Waals surface area contributed by atoms with Gasteiger partial charge in [0.15, 0.2) is 17.1 Å². The average Bonchev–Trinajstić information content (AvgIpc) is 3.07. The van der Waals surface area contributed by atoms with Crippen LogP contribution in [-0.4, -0.2) is 29.4 Å². The molecule has 26 heavy (non-hydrogen) atoms. The van der Waals surface area contributed by atoms with Crippen molar-refractivity contribution < 1.29 is 9.47 Å². The van der Waals surface area contributed by atoms with E-state index in [9.17, 15) is 0 Å². The van der Waals surface area contributed by atoms with E-state index >= 15 is 0 Å². The van der Waals surface area contributed by atoms with Gasteiger partial charge in [-0.1, -0.05) is 12.1 Å². The Balaban J connectivity index is 2.12. The number of benzene rings is 2. The predicted molar refractivity (Wildman–Crippen MR) is 99.4 cm³/mol. The number of aryl methyl sites for hydroxylation is 1. The SMILES string of the molecule is COc1cc2c(-c3ccc(C#N)cc3)nc3n[nH]c(C)c3c2cc1OC. The fraction of sp³-hybridized carbons (Fsp3) is 0.150. The second kappa shape index (κ2) is 6.05. The maximum Gasteiger partial charge on any atom is 0.182 e. The molecule has 0 bridgehead atoms. The van der Waals surface area contributed by atoms with Crippen molar-refractivity contribution in [1.82, 2.24) is 15.2 Å². The molecular formula is C20H16N4O2. The maximum atomic E-state index is 9.03. The molecule has 128 valence electrons. The van der Waals surface area contributed by atoms with Crippen LogP contribution < -0.4 is 9.47 Å². The van der Waals surface area contributed by atoms with Crippen LogP contribution in [0.5, 0.6) is 11.5 Å². The summed E-state index contributed by atoms with van der Waals surface area (Å²) in [6.07, 6.45) is 0. The number of hydrogen-bond donors (Lipinski definition) is 1. The molecule has 0 aliphatic heterocycles. The lowest BCUT2D eigenvalue weighted by Gasteiger charge is -2.13. The first kappa shape index (κ1) is 15.9. The van der Waals surface area contributed by atoms with Crippen LogP contribution in [0, 0.1) is 18.3 Å². The molecule has 6 nitrogen and oxygen atoms in total. The summed E-state index contributed by atoms with van der Waals surface area (Å²) in [6, 6.07) is 13.4. The summed E-state index contributed by atoms with van der Waals surface area (Å²) in [7, 11) is 3.23. The number of H-pyrrole nitrogens is 1. The highest BCUT2D eigenvalue weighted by Gasteiger charge is 2.17. The van der Waals surface area contributed by atoms with Gasteiger partial charge in [-0.15, -0.1) is 0 Å². The maximum absolute atomic E-state index is 9.03. The Morgan fingerprint density at radius 3 is 2.27 bits per heavy atom. The quantitative estimate of drug-likeness (QED) is 0.608. The first-order chi connectivity index (χ1) is 12.7. The van der Waals surface area contributed by atoms with Crippen molar-refractivity contribution in [3.63, 3.8) is 0 Å². The molecule has 2 aromatic carbocycles. The third-order valence-electron chi connectivity index (χ3n) is 4.48. The number of nitriles is 1. The zero-order chi connectivity index (χ0) is 18.3. The monoisotopic (exact) mass is 344 g/mol. The molecule has 2 aromatic heterocycles. The Morgan fingerprint density at radius 1 is 1.00 bits per heavy atom. The number of ether oxygens (including phenoxy) is 2. The number of hydrogen-bond acceptors (Lipinski definition) is 5. The summed E-state index contributed by atoms with van der Waals surface area (Å²) in [4.78, 5) is 4.76. The smallest absolute Gasteiger partial charge is 0.182 e. The van der Waals surface area contributed by atoms with Crippen molar-refractivity contribution in [3.05, 3.63) is 47.7 Å². The van der Waals surface area contributed by atoms with Crippen molar-refractivity contribution in [1.29, 1.82) is 5.26 Å². The number of methoxy groups -OCH3 is 2. The summed E-state index contributed by atoms with van der Waals surface area (Å²) in [5.41, 5.74) is 3.87. The van der Waals surface area contributed by atoms with Crippen LogP contribution in [0.4, 0.5) is 0 Å². The molecule has 0 saturated carbocycles. The largest absolute Gasteiger partial charge is 0.493 e. The molecule has 0 atom stereocenters. The Labute approximate surface area is 150 Å². The van der Waals surface area contributed by atoms with E-state index < -0.39 is 0 Å². The molecule has 0 aliphatic carbocycles. The normalized spacial score (nSPS) is 10.8. The van der Waals surface area contributed by atoms with Crippen LogP contribution in [0.25, 0.3) is 33.1 Å². The lowest BCUT2D eigenvalue weighted by Crippen LogP contribution is -1.94. The molecule has 0 radical (unpaired) electrons. The minimum absolute atomic E-state index is 0.606. The van der Waals surface area contributed by atoms with Gasteiger partial charge >= 0.3 is 0 Å². The molecule has 4 aromatic rings. The van der Waals surface area contributed by atoms with E-state index in [1.54, 1.807) is 26.4 Å². The van der Waals surface area contributed by atoms with E-state index in [0.717, 1.165) is 33.1 Å². The standard InChI is InChI=1S/C20H16N4O2/c1-11-18-14-8-16(25-2)17(26-3)9-15(14)19(22-20(18)24-23-11)13-6-4-12(10-21)5-7-13/h4-9H,1-3H3,(H,22,23,24). The highest BCUT2D eigenvalue weighted by molar-refractivity contribution is 6.12. The van der Waals surface area contributed by atoms with Crippen molar-refractivity contribution >= 4 is 21.8 Å². The van der Waals surface area contributed by atoms with Crippen molar-refractivity contribution in [2.75, 3.05) is 14.2 Å². The Bertz CT molecular complexity index is 1170. The molecule has 1 N–H and O–H groups in total. The van der Waals surface area contributed by atoms with E-state index in [-0.39, 0.29) is 0 Å². The molecule has 0 saturated heterocycles. The van der Waals surface area contributed by atoms with Crippen molar-refractivity contribution in [3.8, 4) is 28.8 Å². The van der Waals surface area contributed by atoms with Gasteiger partial charge in [-0.2, -0.15) is 10.4 Å². The zero-order valence-electron chi connectivity index (χ0n) is 14.6. The second-order valence-electron chi connectivity index (χ2n) is 5.95. The minimum Gasteiger partial charge on any atom is -0.493 e. The molecule has 6 heteroatoms. The molecule has 0 spiro atoms. The number of pyridine rings is 1. The van der Waals surface area contributed by atoms with Gasteiger partial charge in [0, 0.05) is 27.4 Å². The van der Waals surface area contributed by atoms with E-state index in [1.807, 2.05) is 31.2 Å². The average molecular weight is 344 g/mol. The summed E-state index contributed by atoms with van der Waals surface area (Å²) < 4.78 is 10.9. The molecule has 0 amide bonds. The van der Waals surface area contributed by atoms with Gasteiger partial charge in [0.2, 0.25) is 0 Å². The molecular weight excluding hydrogens is 328 g/mol. The second-order valence-corrected chi connectivity index (χ2v) is 5.95. The number of aromatic amines is 1. The molecule has 0 aliphatic rings.